The van der Waals surface area contributed by atoms with Crippen LogP contribution in [0.25, 0.3) is 0 Å². The maximum Gasteiger partial charge on any atom is 2.00 e. The standard InChI is InChI=1S/2C10H20O2.C6H14N2.Pt/c2*1-4-7-10(6-3,8-5-2)9(11)12;7-5-3-1-2-4-6(5)8;/h2*4-8H2,1-3H3,(H,11,12);5-6H,1-4,7-8H2;/q;;;+2/p-2. The molecule has 2 unspecified atom stereocenters. The Morgan fingerprint density at radius 3 is 1.03 bits per heavy atom. The van der Waals surface area contributed by atoms with Gasteiger partial charge in [-0.2, -0.15) is 0 Å². The normalized spacial score (nSPS) is 18.1. The fraction of sp³-hybridized carbons (Fsp3) is 0.923. The van der Waals surface area contributed by atoms with Crippen LogP contribution in [0.3, 0.4) is 0 Å². The van der Waals surface area contributed by atoms with Crippen molar-refractivity contribution in [2.24, 2.45) is 22.3 Å². The van der Waals surface area contributed by atoms with Crippen molar-refractivity contribution in [3.8, 4) is 0 Å². The second kappa shape index (κ2) is 20.9. The third-order valence-electron chi connectivity index (χ3n) is 7.01. The second-order valence-electron chi connectivity index (χ2n) is 9.45. The van der Waals surface area contributed by atoms with E-state index in [0.717, 1.165) is 64.2 Å². The number of carboxylic acid groups (broad SMARTS) is 2. The van der Waals surface area contributed by atoms with E-state index in [-0.39, 0.29) is 33.1 Å². The Bertz CT molecular complexity index is 447. The van der Waals surface area contributed by atoms with Gasteiger partial charge in [-0.1, -0.05) is 80.1 Å². The summed E-state index contributed by atoms with van der Waals surface area (Å²) in [7, 11) is 0. The van der Waals surface area contributed by atoms with Crippen LogP contribution in [0.1, 0.15) is 131 Å². The molecule has 200 valence electrons. The van der Waals surface area contributed by atoms with E-state index in [1.54, 1.807) is 0 Å². The molecule has 6 nitrogen and oxygen atoms in total. The average Bonchev–Trinajstić information content (AvgIpc) is 2.76. The monoisotopic (exact) mass is 651 g/mol. The minimum Gasteiger partial charge on any atom is -0.550 e. The van der Waals surface area contributed by atoms with Crippen molar-refractivity contribution in [2.75, 3.05) is 0 Å². The van der Waals surface area contributed by atoms with Gasteiger partial charge in [-0.25, -0.2) is 0 Å². The minimum absolute atomic E-state index is 0. The van der Waals surface area contributed by atoms with Crippen LogP contribution in [-0.4, -0.2) is 24.0 Å². The van der Waals surface area contributed by atoms with Gasteiger partial charge >= 0.3 is 21.1 Å². The maximum atomic E-state index is 10.9. The molecule has 1 fully saturated rings. The van der Waals surface area contributed by atoms with E-state index in [4.69, 9.17) is 11.5 Å². The van der Waals surface area contributed by atoms with Gasteiger partial charge in [-0.3, -0.25) is 0 Å². The Labute approximate surface area is 218 Å². The first-order chi connectivity index (χ1) is 15.1. The van der Waals surface area contributed by atoms with E-state index < -0.39 is 22.8 Å². The van der Waals surface area contributed by atoms with Gasteiger partial charge in [0.1, 0.15) is 0 Å². The maximum absolute atomic E-state index is 10.9. The molecule has 4 N–H and O–H groups in total. The molecule has 0 bridgehead atoms. The Balaban J connectivity index is -0.000000410. The summed E-state index contributed by atoms with van der Waals surface area (Å²) in [4.78, 5) is 21.8. The summed E-state index contributed by atoms with van der Waals surface area (Å²) in [5.41, 5.74) is 10.2. The predicted octanol–water partition coefficient (Wildman–Crippen LogP) is 3.68. The van der Waals surface area contributed by atoms with Crippen molar-refractivity contribution >= 4 is 11.9 Å². The van der Waals surface area contributed by atoms with Crippen LogP contribution in [0.15, 0.2) is 0 Å². The number of carbonyl (C=O) groups excluding carboxylic acids is 2. The fourth-order valence-electron chi connectivity index (χ4n) is 4.76. The largest absolute Gasteiger partial charge is 2.00 e. The molecular weight excluding hydrogens is 599 g/mol. The molecule has 0 heterocycles. The molecule has 33 heavy (non-hydrogen) atoms. The van der Waals surface area contributed by atoms with Crippen molar-refractivity contribution in [3.05, 3.63) is 0 Å². The van der Waals surface area contributed by atoms with Crippen molar-refractivity contribution in [1.29, 1.82) is 0 Å². The molecule has 1 rings (SSSR count). The first-order valence-electron chi connectivity index (χ1n) is 13.0. The summed E-state index contributed by atoms with van der Waals surface area (Å²) in [6.07, 6.45) is 12.9. The molecule has 0 amide bonds. The van der Waals surface area contributed by atoms with Gasteiger partial charge in [-0.15, -0.1) is 0 Å². The first-order valence-corrected chi connectivity index (χ1v) is 13.0. The van der Waals surface area contributed by atoms with Crippen LogP contribution in [0.2, 0.25) is 0 Å². The zero-order valence-electron chi connectivity index (χ0n) is 22.2. The summed E-state index contributed by atoms with van der Waals surface area (Å²) in [6.45, 7) is 11.9. The molecule has 1 aliphatic rings. The van der Waals surface area contributed by atoms with Gasteiger partial charge in [0.25, 0.3) is 0 Å². The fourth-order valence-corrected chi connectivity index (χ4v) is 4.76. The van der Waals surface area contributed by atoms with Crippen LogP contribution in [0.5, 0.6) is 0 Å². The van der Waals surface area contributed by atoms with Gasteiger partial charge < -0.3 is 31.3 Å². The predicted molar refractivity (Wildman–Crippen MR) is 130 cm³/mol. The number of rotatable bonds is 12. The third kappa shape index (κ3) is 13.9. The van der Waals surface area contributed by atoms with Crippen molar-refractivity contribution in [2.45, 2.75) is 144 Å². The van der Waals surface area contributed by atoms with Crippen LogP contribution >= 0.6 is 0 Å². The summed E-state index contributed by atoms with van der Waals surface area (Å²) in [5, 5.41) is 21.8. The van der Waals surface area contributed by atoms with E-state index in [2.05, 4.69) is 0 Å². The smallest absolute Gasteiger partial charge is 0.550 e. The Hall–Kier alpha value is -0.452. The van der Waals surface area contributed by atoms with E-state index in [1.165, 1.54) is 12.8 Å². The first kappa shape index (κ1) is 37.1. The van der Waals surface area contributed by atoms with Crippen LogP contribution in [-0.2, 0) is 30.7 Å². The van der Waals surface area contributed by atoms with Crippen molar-refractivity contribution in [3.63, 3.8) is 0 Å². The van der Waals surface area contributed by atoms with E-state index in [0.29, 0.717) is 12.8 Å². The molecule has 1 aliphatic carbocycles. The van der Waals surface area contributed by atoms with Gasteiger partial charge in [-0.05, 0) is 51.4 Å². The Morgan fingerprint density at radius 1 is 0.667 bits per heavy atom. The van der Waals surface area contributed by atoms with E-state index in [9.17, 15) is 19.8 Å². The molecule has 7 heteroatoms. The van der Waals surface area contributed by atoms with E-state index in [1.807, 2.05) is 41.5 Å². The van der Waals surface area contributed by atoms with Crippen molar-refractivity contribution in [1.82, 2.24) is 0 Å². The average molecular weight is 652 g/mol. The van der Waals surface area contributed by atoms with Gasteiger partial charge in [0.05, 0.1) is 0 Å². The van der Waals surface area contributed by atoms with Gasteiger partial charge in [0.15, 0.2) is 0 Å². The Morgan fingerprint density at radius 2 is 0.909 bits per heavy atom. The SMILES string of the molecule is CCCC(CC)(CCC)C(=O)[O-].CCCC(CC)(CCC)C(=O)[O-].NC1CCCCC1N.[Pt+2]. The van der Waals surface area contributed by atoms with Crippen LogP contribution in [0, 0.1) is 10.8 Å². The molecule has 0 aliphatic heterocycles. The zero-order chi connectivity index (χ0) is 25.2. The number of hydrogen-bond donors (Lipinski definition) is 2. The minimum atomic E-state index is -0.867. The van der Waals surface area contributed by atoms with Gasteiger partial charge in [0, 0.05) is 34.9 Å². The number of hydrogen-bond acceptors (Lipinski definition) is 6. The second-order valence-corrected chi connectivity index (χ2v) is 9.45. The molecule has 2 atom stereocenters. The molecule has 0 radical (unpaired) electrons. The Kier molecular flexibility index (Phi) is 23.5. The van der Waals surface area contributed by atoms with Crippen LogP contribution < -0.4 is 21.7 Å². The molecule has 0 aromatic rings. The van der Waals surface area contributed by atoms with Gasteiger partial charge in [0.2, 0.25) is 0 Å². The molecule has 0 spiro atoms. The number of carbonyl (C=O) groups is 2. The molecule has 0 saturated heterocycles. The molecule has 0 aromatic carbocycles. The summed E-state index contributed by atoms with van der Waals surface area (Å²) < 4.78 is 0. The topological polar surface area (TPSA) is 132 Å². The van der Waals surface area contributed by atoms with Crippen LogP contribution in [0.4, 0.5) is 0 Å². The number of nitrogens with two attached hydrogens (primary N) is 2. The summed E-state index contributed by atoms with van der Waals surface area (Å²) in [6, 6.07) is 0.562. The molecule has 0 aromatic heterocycles. The summed E-state index contributed by atoms with van der Waals surface area (Å²) >= 11 is 0. The van der Waals surface area contributed by atoms with Crippen molar-refractivity contribution < 1.29 is 40.9 Å². The zero-order valence-corrected chi connectivity index (χ0v) is 24.4. The quantitative estimate of drug-likeness (QED) is 0.331. The molecule has 1 saturated carbocycles. The summed E-state index contributed by atoms with van der Waals surface area (Å²) in [5.74, 6) is -1.73. The van der Waals surface area contributed by atoms with E-state index >= 15 is 0 Å². The number of carboxylic acids is 2. The third-order valence-corrected chi connectivity index (χ3v) is 7.01. The number of aliphatic carboxylic acids is 2. The molecular formula is C26H52N2O4Pt.